The van der Waals surface area contributed by atoms with Crippen LogP contribution in [0.4, 0.5) is 36.2 Å². The topological polar surface area (TPSA) is 326 Å². The van der Waals surface area contributed by atoms with E-state index in [1.807, 2.05) is 36.4 Å². The fourth-order valence-electron chi connectivity index (χ4n) is 11.6. The first-order chi connectivity index (χ1) is 46.9. The van der Waals surface area contributed by atoms with Gasteiger partial charge in [0.15, 0.2) is 18.0 Å². The van der Waals surface area contributed by atoms with Crippen LogP contribution >= 0.6 is 23.2 Å². The van der Waals surface area contributed by atoms with E-state index in [2.05, 4.69) is 0 Å². The smallest absolute Gasteiger partial charge is 0.415 e. The Morgan fingerprint density at radius 3 is 1.45 bits per heavy atom. The van der Waals surface area contributed by atoms with Crippen LogP contribution in [-0.2, 0) is 68.5 Å². The normalized spacial score (nSPS) is 18.4. The lowest BCUT2D eigenvalue weighted by atomic mass is 9.95. The van der Waals surface area contributed by atoms with E-state index in [4.69, 9.17) is 70.6 Å². The quantitative estimate of drug-likeness (QED) is 0.0182. The molecular formula is C68H79Cl2N7O22. The number of anilines is 2. The van der Waals surface area contributed by atoms with Crippen molar-refractivity contribution >= 4 is 122 Å². The number of benzene rings is 5. The van der Waals surface area contributed by atoms with Crippen LogP contribution in [0, 0.1) is 10.1 Å². The van der Waals surface area contributed by atoms with E-state index in [1.54, 1.807) is 68.9 Å². The summed E-state index contributed by atoms with van der Waals surface area (Å²) >= 11 is 13.2. The third kappa shape index (κ3) is 18.5. The Bertz CT molecular complexity index is 3920. The summed E-state index contributed by atoms with van der Waals surface area (Å²) in [6, 6.07) is 21.4. The number of ether oxygens (including phenoxy) is 10. The van der Waals surface area contributed by atoms with Gasteiger partial charge in [-0.1, -0.05) is 54.6 Å². The van der Waals surface area contributed by atoms with Crippen LogP contribution in [0.15, 0.2) is 78.9 Å². The second-order valence-corrected chi connectivity index (χ2v) is 25.6. The van der Waals surface area contributed by atoms with E-state index in [-0.39, 0.29) is 111 Å². The molecule has 3 aliphatic rings. The zero-order chi connectivity index (χ0) is 72.3. The van der Waals surface area contributed by atoms with Gasteiger partial charge < -0.3 is 76.8 Å². The number of halogens is 2. The number of amides is 6. The molecule has 5 aromatic rings. The summed E-state index contributed by atoms with van der Waals surface area (Å²) in [5, 5.41) is 15.1. The van der Waals surface area contributed by atoms with Crippen molar-refractivity contribution in [1.82, 2.24) is 19.6 Å². The number of rotatable bonds is 24. The van der Waals surface area contributed by atoms with Gasteiger partial charge in [0.25, 0.3) is 0 Å². The minimum Gasteiger partial charge on any atom is -0.463 e. The highest BCUT2D eigenvalue weighted by molar-refractivity contribution is 6.19. The summed E-state index contributed by atoms with van der Waals surface area (Å²) in [7, 11) is 5.97. The molecule has 0 bridgehead atoms. The summed E-state index contributed by atoms with van der Waals surface area (Å²) < 4.78 is 56.1. The molecule has 0 spiro atoms. The average Bonchev–Trinajstić information content (AvgIpc) is 1.64. The van der Waals surface area contributed by atoms with Crippen molar-refractivity contribution in [3.63, 3.8) is 0 Å². The molecule has 8 rings (SSSR count). The van der Waals surface area contributed by atoms with E-state index >= 15 is 0 Å². The molecule has 99 heavy (non-hydrogen) atoms. The maximum absolute atomic E-state index is 14.4. The van der Waals surface area contributed by atoms with Crippen LogP contribution < -0.4 is 24.0 Å². The van der Waals surface area contributed by atoms with Crippen LogP contribution in [0.5, 0.6) is 17.2 Å². The van der Waals surface area contributed by atoms with E-state index in [1.165, 1.54) is 34.9 Å². The molecule has 3 aliphatic heterocycles. The second-order valence-electron chi connectivity index (χ2n) is 25.0. The zero-order valence-corrected chi connectivity index (χ0v) is 58.1. The number of hydrogen-bond acceptors (Lipinski definition) is 22. The Labute approximate surface area is 580 Å². The predicted molar refractivity (Wildman–Crippen MR) is 358 cm³/mol. The fraction of sp³-hybridized carbons (Fsp3) is 0.471. The SMILES string of the molecule is CC(=O)OC[C@H]1O[C@@H](Oc2ccc(COC(=O)N(C)CCN(C)C(=O)Oc3cc4c(c5ccccc35)[C@H](CCl)CN4C(=O)CCCC(=O)N3C[C@@H](CCl)c4c3cc(OC(=O)N(C)CCN(C)C(=O)OC(C)(C)C)c3ccccc43)cc2[N+](=O)[O-])[C@H](OC(C)=O)[C@@H](OC(C)=O)[C@H]1OC(C)=O. The van der Waals surface area contributed by atoms with Crippen molar-refractivity contribution in [1.29, 1.82) is 0 Å². The number of carbonyl (C=O) groups excluding carboxylic acids is 10. The number of nitrogens with zero attached hydrogens (tertiary/aromatic N) is 7. The van der Waals surface area contributed by atoms with Crippen molar-refractivity contribution in [2.45, 2.75) is 122 Å². The molecule has 31 heteroatoms. The van der Waals surface area contributed by atoms with Crippen molar-refractivity contribution in [2.24, 2.45) is 0 Å². The molecule has 0 unspecified atom stereocenters. The summed E-state index contributed by atoms with van der Waals surface area (Å²) in [5.74, 6) is -4.35. The number of hydrogen-bond donors (Lipinski definition) is 0. The predicted octanol–water partition coefficient (Wildman–Crippen LogP) is 9.57. The lowest BCUT2D eigenvalue weighted by Crippen LogP contribution is -2.63. The lowest BCUT2D eigenvalue weighted by Gasteiger charge is -2.43. The van der Waals surface area contributed by atoms with E-state index in [0.29, 0.717) is 27.5 Å². The van der Waals surface area contributed by atoms with Crippen molar-refractivity contribution in [3.8, 4) is 17.2 Å². The number of carbonyl (C=O) groups is 10. The molecule has 532 valence electrons. The third-order valence-electron chi connectivity index (χ3n) is 16.4. The number of nitro groups is 1. The standard InChI is InChI=1S/C68H79Cl2N7O22/c1-38(78)90-37-55-60(92-39(2)79)61(93-40(3)80)62(94-41(4)81)63(96-55)95-52-24-23-42(29-49(52)77(88)89)36-91-64(84)71(8)25-26-72(9)65(85)97-53-30-50-58(47-19-14-12-17-45(47)53)43(32-69)34-75(50)56(82)21-16-22-57(83)76-35-44(33-70)59-48-20-15-13-18-46(48)54(31-51(59)76)98-66(86)73(10)27-28-74(11)67(87)99-68(5,6)7/h12-15,17-20,23-24,29-31,43-44,55,60-63H,16,21-22,25-28,32-37H2,1-11H3/t43-,44-,55-,60+,61+,62-,63-/m1/s1. The lowest BCUT2D eigenvalue weighted by molar-refractivity contribution is -0.387. The molecule has 3 heterocycles. The van der Waals surface area contributed by atoms with E-state index in [0.717, 1.165) is 61.2 Å². The minimum atomic E-state index is -1.79. The van der Waals surface area contributed by atoms with Gasteiger partial charge in [-0.3, -0.25) is 38.9 Å². The van der Waals surface area contributed by atoms with Crippen LogP contribution in [-0.4, -0.2) is 207 Å². The molecular weight excluding hydrogens is 1340 g/mol. The number of fused-ring (bicyclic) bond motifs is 6. The molecule has 0 aliphatic carbocycles. The Morgan fingerprint density at radius 2 is 1.01 bits per heavy atom. The van der Waals surface area contributed by atoms with Crippen LogP contribution in [0.3, 0.4) is 0 Å². The van der Waals surface area contributed by atoms with Crippen LogP contribution in [0.25, 0.3) is 21.5 Å². The van der Waals surface area contributed by atoms with Gasteiger partial charge in [0.05, 0.1) is 16.3 Å². The van der Waals surface area contributed by atoms with Crippen molar-refractivity contribution in [2.75, 3.05) is 95.6 Å². The number of esters is 4. The summed E-state index contributed by atoms with van der Waals surface area (Å²) in [5.41, 5.74) is 1.37. The summed E-state index contributed by atoms with van der Waals surface area (Å²) in [6.45, 7) is 9.00. The zero-order valence-electron chi connectivity index (χ0n) is 56.6. The molecule has 0 aromatic heterocycles. The maximum Gasteiger partial charge on any atom is 0.415 e. The van der Waals surface area contributed by atoms with Gasteiger partial charge in [0.1, 0.15) is 36.4 Å². The maximum atomic E-state index is 14.4. The largest absolute Gasteiger partial charge is 0.463 e. The Balaban J connectivity index is 0.887. The molecule has 0 N–H and O–H groups in total. The van der Waals surface area contributed by atoms with Gasteiger partial charge in [-0.05, 0) is 60.7 Å². The van der Waals surface area contributed by atoms with E-state index < -0.39 is 114 Å². The fourth-order valence-corrected chi connectivity index (χ4v) is 12.1. The Morgan fingerprint density at radius 1 is 0.566 bits per heavy atom. The summed E-state index contributed by atoms with van der Waals surface area (Å²) in [6.07, 6.45) is -10.8. The van der Waals surface area contributed by atoms with Crippen molar-refractivity contribution < 1.29 is 100 Å². The molecule has 5 aromatic carbocycles. The number of likely N-dealkylation sites (N-methyl/N-ethyl adjacent to an activating group) is 4. The average molecular weight is 1420 g/mol. The van der Waals surface area contributed by atoms with E-state index in [9.17, 15) is 58.1 Å². The van der Waals surface area contributed by atoms with Gasteiger partial charge in [0, 0.05) is 161 Å². The third-order valence-corrected chi connectivity index (χ3v) is 17.1. The highest BCUT2D eigenvalue weighted by Gasteiger charge is 2.54. The molecule has 6 amide bonds. The minimum absolute atomic E-state index is 0.0270. The molecule has 29 nitrogen and oxygen atoms in total. The monoisotopic (exact) mass is 1420 g/mol. The Kier molecular flexibility index (Phi) is 24.8. The number of alkyl halides is 2. The first-order valence-corrected chi connectivity index (χ1v) is 32.7. The van der Waals surface area contributed by atoms with Gasteiger partial charge in [-0.2, -0.15) is 0 Å². The highest BCUT2D eigenvalue weighted by atomic mass is 35.5. The van der Waals surface area contributed by atoms with Gasteiger partial charge in [-0.15, -0.1) is 23.2 Å². The van der Waals surface area contributed by atoms with Gasteiger partial charge in [0.2, 0.25) is 24.2 Å². The summed E-state index contributed by atoms with van der Waals surface area (Å²) in [4.78, 5) is 151. The molecule has 0 saturated carbocycles. The van der Waals surface area contributed by atoms with Crippen LogP contribution in [0.2, 0.25) is 0 Å². The first-order valence-electron chi connectivity index (χ1n) is 31.6. The second kappa shape index (κ2) is 32.7. The number of nitro benzene ring substituents is 1. The molecule has 1 fully saturated rings. The Hall–Kier alpha value is -9.74. The van der Waals surface area contributed by atoms with Gasteiger partial charge >= 0.3 is 53.9 Å². The molecule has 0 radical (unpaired) electrons. The van der Waals surface area contributed by atoms with Crippen LogP contribution in [0.1, 0.15) is 96.3 Å². The first kappa shape index (κ1) is 75.0. The van der Waals surface area contributed by atoms with Gasteiger partial charge in [-0.25, -0.2) is 19.2 Å². The molecule has 7 atom stereocenters. The molecule has 1 saturated heterocycles. The highest BCUT2D eigenvalue weighted by Crippen LogP contribution is 2.48. The van der Waals surface area contributed by atoms with Crippen molar-refractivity contribution in [3.05, 3.63) is 106 Å².